The molecule has 3 heterocycles. The van der Waals surface area contributed by atoms with Crippen molar-refractivity contribution >= 4 is 53.0 Å². The predicted molar refractivity (Wildman–Crippen MR) is 126 cm³/mol. The van der Waals surface area contributed by atoms with E-state index >= 15 is 0 Å². The van der Waals surface area contributed by atoms with Crippen LogP contribution in [0.2, 0.25) is 5.02 Å². The van der Waals surface area contributed by atoms with Crippen molar-refractivity contribution in [3.63, 3.8) is 0 Å². The summed E-state index contributed by atoms with van der Waals surface area (Å²) in [7, 11) is -0.520. The summed E-state index contributed by atoms with van der Waals surface area (Å²) in [6, 6.07) is 9.04. The van der Waals surface area contributed by atoms with E-state index in [1.54, 1.807) is 30.5 Å². The molecule has 0 saturated carbocycles. The van der Waals surface area contributed by atoms with Gasteiger partial charge in [0.15, 0.2) is 5.58 Å². The number of carbonyl (C=O) groups is 1. The lowest BCUT2D eigenvalue weighted by atomic mass is 9.78. The molecular weight excluding hydrogens is 429 g/mol. The number of nitrogens with zero attached hydrogens (tertiary/aromatic N) is 1. The van der Waals surface area contributed by atoms with Crippen LogP contribution in [0.4, 0.5) is 5.82 Å². The quantitative estimate of drug-likeness (QED) is 0.451. The lowest BCUT2D eigenvalue weighted by Gasteiger charge is -2.32. The molecular formula is C23H25BClN3O4. The maximum atomic E-state index is 12.1. The topological polar surface area (TPSA) is 99.6 Å². The van der Waals surface area contributed by atoms with E-state index in [-0.39, 0.29) is 12.5 Å². The van der Waals surface area contributed by atoms with Gasteiger partial charge in [0, 0.05) is 17.7 Å². The van der Waals surface area contributed by atoms with Crippen LogP contribution in [-0.2, 0) is 20.6 Å². The van der Waals surface area contributed by atoms with E-state index in [9.17, 15) is 4.79 Å². The van der Waals surface area contributed by atoms with Gasteiger partial charge in [-0.05, 0) is 69.1 Å². The minimum absolute atomic E-state index is 0.222. The normalized spacial score (nSPS) is 17.3. The van der Waals surface area contributed by atoms with Gasteiger partial charge in [0.1, 0.15) is 11.6 Å². The van der Waals surface area contributed by atoms with Gasteiger partial charge in [-0.3, -0.25) is 4.79 Å². The fourth-order valence-corrected chi connectivity index (χ4v) is 3.58. The number of nitrogens with one attached hydrogen (secondary N) is 1. The highest BCUT2D eigenvalue weighted by molar-refractivity contribution is 6.63. The predicted octanol–water partition coefficient (Wildman–Crippen LogP) is 3.69. The lowest BCUT2D eigenvalue weighted by Crippen LogP contribution is -2.41. The number of rotatable bonds is 5. The maximum Gasteiger partial charge on any atom is 0.494 e. The highest BCUT2D eigenvalue weighted by atomic mass is 35.5. The Kier molecular flexibility index (Phi) is 5.79. The number of hydrogen-bond acceptors (Lipinski definition) is 6. The number of hydrogen-bond donors (Lipinski definition) is 2. The molecule has 1 fully saturated rings. The van der Waals surface area contributed by atoms with Gasteiger partial charge in [-0.15, -0.1) is 0 Å². The Morgan fingerprint density at radius 2 is 1.91 bits per heavy atom. The zero-order valence-corrected chi connectivity index (χ0v) is 19.2. The summed E-state index contributed by atoms with van der Waals surface area (Å²) in [5, 5.41) is 4.07. The van der Waals surface area contributed by atoms with E-state index in [0.29, 0.717) is 22.2 Å². The fourth-order valence-electron chi connectivity index (χ4n) is 3.31. The summed E-state index contributed by atoms with van der Waals surface area (Å²) >= 11 is 6.47. The average Bonchev–Trinajstić information content (AvgIpc) is 3.23. The zero-order valence-electron chi connectivity index (χ0n) is 18.4. The second kappa shape index (κ2) is 8.28. The second-order valence-corrected chi connectivity index (χ2v) is 9.20. The molecule has 0 bridgehead atoms. The minimum Gasteiger partial charge on any atom is -0.458 e. The van der Waals surface area contributed by atoms with Gasteiger partial charge in [-0.25, -0.2) is 4.98 Å². The first-order chi connectivity index (χ1) is 15.0. The fraction of sp³-hybridized carbons (Fsp3) is 0.304. The van der Waals surface area contributed by atoms with E-state index in [1.807, 2.05) is 39.8 Å². The monoisotopic (exact) mass is 453 g/mol. The van der Waals surface area contributed by atoms with Gasteiger partial charge < -0.3 is 24.8 Å². The Morgan fingerprint density at radius 1 is 1.19 bits per heavy atom. The molecule has 9 heteroatoms. The summed E-state index contributed by atoms with van der Waals surface area (Å²) in [4.78, 5) is 16.1. The smallest absolute Gasteiger partial charge is 0.458 e. The van der Waals surface area contributed by atoms with Crippen molar-refractivity contribution in [1.29, 1.82) is 0 Å². The summed E-state index contributed by atoms with van der Waals surface area (Å²) in [6.45, 7) is 8.24. The molecule has 4 rings (SSSR count). The number of anilines is 1. The first-order valence-corrected chi connectivity index (χ1v) is 10.7. The number of furan rings is 1. The number of amides is 1. The molecule has 0 spiro atoms. The van der Waals surface area contributed by atoms with Crippen LogP contribution >= 0.6 is 11.6 Å². The first kappa shape index (κ1) is 22.4. The molecule has 1 aliphatic heterocycles. The van der Waals surface area contributed by atoms with E-state index in [1.165, 1.54) is 6.08 Å². The van der Waals surface area contributed by atoms with Crippen LogP contribution < -0.4 is 16.5 Å². The molecule has 0 unspecified atom stereocenters. The molecule has 3 aromatic rings. The lowest BCUT2D eigenvalue weighted by molar-refractivity contribution is -0.116. The number of halogens is 1. The highest BCUT2D eigenvalue weighted by Crippen LogP contribution is 2.37. The third-order valence-corrected chi connectivity index (χ3v) is 6.12. The van der Waals surface area contributed by atoms with Gasteiger partial charge in [-0.2, -0.15) is 0 Å². The SMILES string of the molecule is CC1(C)OB(c2cc(Cl)c3oc(CNC(=O)C=Cc4ccc(N)nc4)cc3c2)OC1(C)C. The Balaban J connectivity index is 1.45. The van der Waals surface area contributed by atoms with Crippen molar-refractivity contribution in [2.45, 2.75) is 45.4 Å². The Hall–Kier alpha value is -2.81. The summed E-state index contributed by atoms with van der Waals surface area (Å²) in [5.74, 6) is 0.756. The van der Waals surface area contributed by atoms with E-state index in [4.69, 9.17) is 31.1 Å². The Morgan fingerprint density at radius 3 is 2.56 bits per heavy atom. The van der Waals surface area contributed by atoms with Crippen molar-refractivity contribution in [2.75, 3.05) is 5.73 Å². The maximum absolute atomic E-state index is 12.1. The largest absolute Gasteiger partial charge is 0.494 e. The minimum atomic E-state index is -0.520. The van der Waals surface area contributed by atoms with Gasteiger partial charge in [0.05, 0.1) is 22.8 Å². The molecule has 1 saturated heterocycles. The molecule has 32 heavy (non-hydrogen) atoms. The molecule has 1 aromatic carbocycles. The van der Waals surface area contributed by atoms with Crippen LogP contribution in [0.15, 0.2) is 47.0 Å². The van der Waals surface area contributed by atoms with E-state index in [2.05, 4.69) is 10.3 Å². The number of nitrogens with two attached hydrogens (primary N) is 1. The van der Waals surface area contributed by atoms with Gasteiger partial charge in [0.2, 0.25) is 5.91 Å². The summed E-state index contributed by atoms with van der Waals surface area (Å²) in [6.07, 6.45) is 4.69. The molecule has 3 N–H and O–H groups in total. The van der Waals surface area contributed by atoms with Crippen molar-refractivity contribution < 1.29 is 18.5 Å². The van der Waals surface area contributed by atoms with Crippen LogP contribution in [0, 0.1) is 0 Å². The van der Waals surface area contributed by atoms with Crippen molar-refractivity contribution in [2.24, 2.45) is 0 Å². The number of fused-ring (bicyclic) bond motifs is 1. The van der Waals surface area contributed by atoms with Crippen LogP contribution in [0.1, 0.15) is 39.0 Å². The molecule has 0 atom stereocenters. The van der Waals surface area contributed by atoms with Gasteiger partial charge >= 0.3 is 7.12 Å². The zero-order chi connectivity index (χ0) is 23.1. The van der Waals surface area contributed by atoms with E-state index in [0.717, 1.165) is 16.4 Å². The molecule has 0 radical (unpaired) electrons. The Bertz CT molecular complexity index is 1170. The molecule has 2 aromatic heterocycles. The number of benzene rings is 1. The second-order valence-electron chi connectivity index (χ2n) is 8.79. The number of nitrogen functional groups attached to an aromatic ring is 1. The first-order valence-electron chi connectivity index (χ1n) is 10.3. The van der Waals surface area contributed by atoms with Crippen LogP contribution in [0.25, 0.3) is 17.0 Å². The highest BCUT2D eigenvalue weighted by Gasteiger charge is 2.51. The average molecular weight is 454 g/mol. The van der Waals surface area contributed by atoms with Crippen LogP contribution in [-0.4, -0.2) is 29.2 Å². The molecule has 7 nitrogen and oxygen atoms in total. The standard InChI is InChI=1S/C23H25BClN3O4/c1-22(2)23(3,4)32-24(31-22)16-9-15-10-17(30-21(15)18(25)11-16)13-28-20(29)8-6-14-5-7-19(26)27-12-14/h5-12H,13H2,1-4H3,(H2,26,27)(H,28,29). The van der Waals surface area contributed by atoms with Crippen LogP contribution in [0.3, 0.4) is 0 Å². The van der Waals surface area contributed by atoms with Crippen molar-refractivity contribution in [3.05, 3.63) is 59.0 Å². The van der Waals surface area contributed by atoms with E-state index < -0.39 is 18.3 Å². The molecule has 166 valence electrons. The van der Waals surface area contributed by atoms with Crippen molar-refractivity contribution in [3.8, 4) is 0 Å². The summed E-state index contributed by atoms with van der Waals surface area (Å²) in [5.41, 5.74) is 6.82. The van der Waals surface area contributed by atoms with Gasteiger partial charge in [0.25, 0.3) is 0 Å². The molecule has 1 amide bonds. The number of pyridine rings is 1. The number of aromatic nitrogens is 1. The summed E-state index contributed by atoms with van der Waals surface area (Å²) < 4.78 is 18.1. The van der Waals surface area contributed by atoms with Crippen LogP contribution in [0.5, 0.6) is 0 Å². The van der Waals surface area contributed by atoms with Crippen molar-refractivity contribution in [1.82, 2.24) is 10.3 Å². The molecule has 1 aliphatic rings. The third-order valence-electron chi connectivity index (χ3n) is 5.84. The number of carbonyl (C=O) groups excluding carboxylic acids is 1. The Labute approximate surface area is 192 Å². The third kappa shape index (κ3) is 4.53. The molecule has 0 aliphatic carbocycles. The van der Waals surface area contributed by atoms with Gasteiger partial charge in [-0.1, -0.05) is 17.7 Å².